The molecule has 0 saturated heterocycles. The van der Waals surface area contributed by atoms with Gasteiger partial charge in [-0.1, -0.05) is 37.6 Å². The Labute approximate surface area is 174 Å². The Kier molecular flexibility index (Phi) is 6.59. The van der Waals surface area contributed by atoms with Crippen LogP contribution in [-0.4, -0.2) is 21.6 Å². The number of aryl methyl sites for hydroxylation is 1. The van der Waals surface area contributed by atoms with Gasteiger partial charge in [0, 0.05) is 18.7 Å². The lowest BCUT2D eigenvalue weighted by atomic mass is 10.1. The van der Waals surface area contributed by atoms with Crippen LogP contribution in [0.1, 0.15) is 36.5 Å². The molecular formula is C23H24F3N3O. The van der Waals surface area contributed by atoms with E-state index in [1.54, 1.807) is 18.5 Å². The maximum atomic E-state index is 12.8. The average molecular weight is 415 g/mol. The molecule has 158 valence electrons. The van der Waals surface area contributed by atoms with Gasteiger partial charge in [-0.05, 0) is 42.7 Å². The molecule has 0 aliphatic heterocycles. The fourth-order valence-electron chi connectivity index (χ4n) is 3.14. The Bertz CT molecular complexity index is 988. The molecular weight excluding hydrogens is 391 g/mol. The molecule has 3 aromatic rings. The van der Waals surface area contributed by atoms with Crippen molar-refractivity contribution in [3.8, 4) is 17.0 Å². The fraction of sp³-hybridized carbons (Fsp3) is 0.304. The highest BCUT2D eigenvalue weighted by Gasteiger charge is 2.30. The van der Waals surface area contributed by atoms with Crippen molar-refractivity contribution in [2.75, 3.05) is 11.4 Å². The van der Waals surface area contributed by atoms with Crippen molar-refractivity contribution in [2.45, 2.75) is 39.4 Å². The quantitative estimate of drug-likeness (QED) is 0.515. The molecule has 0 aliphatic rings. The Hall–Kier alpha value is -3.09. The maximum absolute atomic E-state index is 12.8. The van der Waals surface area contributed by atoms with E-state index in [9.17, 15) is 18.3 Å². The lowest BCUT2D eigenvalue weighted by molar-refractivity contribution is -0.137. The first-order valence-corrected chi connectivity index (χ1v) is 9.81. The van der Waals surface area contributed by atoms with Crippen LogP contribution in [0.5, 0.6) is 5.75 Å². The summed E-state index contributed by atoms with van der Waals surface area (Å²) in [5.41, 5.74) is 2.23. The average Bonchev–Trinajstić information content (AvgIpc) is 2.73. The van der Waals surface area contributed by atoms with E-state index in [2.05, 4.69) is 21.8 Å². The SMILES string of the molecule is CCCCN(Cc1ccc(O)c(C)c1)c1cncc(-c2ccc(C(F)(F)F)cc2)n1. The summed E-state index contributed by atoms with van der Waals surface area (Å²) in [5.74, 6) is 0.912. The first kappa shape index (κ1) is 21.6. The molecule has 0 unspecified atom stereocenters. The predicted octanol–water partition coefficient (Wildman–Crippen LogP) is 5.98. The monoisotopic (exact) mass is 415 g/mol. The van der Waals surface area contributed by atoms with Gasteiger partial charge in [0.15, 0.2) is 0 Å². The molecule has 1 aromatic heterocycles. The molecule has 1 N–H and O–H groups in total. The number of aromatic nitrogens is 2. The largest absolute Gasteiger partial charge is 0.508 e. The molecule has 0 radical (unpaired) electrons. The van der Waals surface area contributed by atoms with Crippen molar-refractivity contribution >= 4 is 5.82 Å². The third-order valence-electron chi connectivity index (χ3n) is 4.87. The number of phenols is 1. The number of rotatable bonds is 7. The zero-order valence-corrected chi connectivity index (χ0v) is 16.9. The molecule has 2 aromatic carbocycles. The van der Waals surface area contributed by atoms with E-state index < -0.39 is 11.7 Å². The van der Waals surface area contributed by atoms with Crippen LogP contribution in [0, 0.1) is 6.92 Å². The van der Waals surface area contributed by atoms with Crippen molar-refractivity contribution in [3.63, 3.8) is 0 Å². The number of benzene rings is 2. The molecule has 30 heavy (non-hydrogen) atoms. The van der Waals surface area contributed by atoms with Crippen molar-refractivity contribution in [1.82, 2.24) is 9.97 Å². The van der Waals surface area contributed by atoms with E-state index in [0.29, 0.717) is 23.6 Å². The first-order chi connectivity index (χ1) is 14.3. The van der Waals surface area contributed by atoms with Crippen LogP contribution in [0.3, 0.4) is 0 Å². The first-order valence-electron chi connectivity index (χ1n) is 9.81. The minimum absolute atomic E-state index is 0.253. The summed E-state index contributed by atoms with van der Waals surface area (Å²) in [5, 5.41) is 9.76. The summed E-state index contributed by atoms with van der Waals surface area (Å²) in [7, 11) is 0. The summed E-state index contributed by atoms with van der Waals surface area (Å²) in [4.78, 5) is 11.0. The second-order valence-corrected chi connectivity index (χ2v) is 7.23. The number of halogens is 3. The number of hydrogen-bond donors (Lipinski definition) is 1. The number of nitrogens with zero attached hydrogens (tertiary/aromatic N) is 3. The van der Waals surface area contributed by atoms with E-state index in [-0.39, 0.29) is 5.75 Å². The van der Waals surface area contributed by atoms with Crippen LogP contribution in [0.2, 0.25) is 0 Å². The maximum Gasteiger partial charge on any atom is 0.416 e. The number of aromatic hydroxyl groups is 1. The molecule has 1 heterocycles. The van der Waals surface area contributed by atoms with Gasteiger partial charge >= 0.3 is 6.18 Å². The highest BCUT2D eigenvalue weighted by Crippen LogP contribution is 2.31. The number of unbranched alkanes of at least 4 members (excludes halogenated alkanes) is 1. The van der Waals surface area contributed by atoms with Gasteiger partial charge in [-0.3, -0.25) is 4.98 Å². The number of phenolic OH excluding ortho intramolecular Hbond substituents is 1. The summed E-state index contributed by atoms with van der Waals surface area (Å²) < 4.78 is 38.5. The lowest BCUT2D eigenvalue weighted by Gasteiger charge is -2.24. The van der Waals surface area contributed by atoms with Crippen LogP contribution < -0.4 is 4.90 Å². The minimum Gasteiger partial charge on any atom is -0.508 e. The predicted molar refractivity (Wildman–Crippen MR) is 111 cm³/mol. The lowest BCUT2D eigenvalue weighted by Crippen LogP contribution is -2.25. The van der Waals surface area contributed by atoms with Crippen LogP contribution in [0.15, 0.2) is 54.9 Å². The Morgan fingerprint density at radius 1 is 1.03 bits per heavy atom. The molecule has 0 spiro atoms. The van der Waals surface area contributed by atoms with Crippen LogP contribution >= 0.6 is 0 Å². The molecule has 0 saturated carbocycles. The van der Waals surface area contributed by atoms with Gasteiger partial charge in [-0.25, -0.2) is 4.98 Å². The number of alkyl halides is 3. The molecule has 0 bridgehead atoms. The van der Waals surface area contributed by atoms with Crippen LogP contribution in [-0.2, 0) is 12.7 Å². The summed E-state index contributed by atoms with van der Waals surface area (Å²) in [6.45, 7) is 5.31. The third-order valence-corrected chi connectivity index (χ3v) is 4.87. The molecule has 7 heteroatoms. The Balaban J connectivity index is 1.88. The molecule has 0 fully saturated rings. The number of anilines is 1. The minimum atomic E-state index is -4.37. The zero-order valence-electron chi connectivity index (χ0n) is 16.9. The van der Waals surface area contributed by atoms with Crippen molar-refractivity contribution in [3.05, 3.63) is 71.5 Å². The van der Waals surface area contributed by atoms with Crippen LogP contribution in [0.4, 0.5) is 19.0 Å². The van der Waals surface area contributed by atoms with Gasteiger partial charge in [-0.15, -0.1) is 0 Å². The topological polar surface area (TPSA) is 49.2 Å². The molecule has 3 rings (SSSR count). The van der Waals surface area contributed by atoms with Crippen molar-refractivity contribution in [2.24, 2.45) is 0 Å². The van der Waals surface area contributed by atoms with E-state index >= 15 is 0 Å². The Morgan fingerprint density at radius 2 is 1.77 bits per heavy atom. The van der Waals surface area contributed by atoms with E-state index in [0.717, 1.165) is 42.6 Å². The van der Waals surface area contributed by atoms with E-state index in [1.165, 1.54) is 12.1 Å². The van der Waals surface area contributed by atoms with Gasteiger partial charge in [0.05, 0.1) is 23.7 Å². The van der Waals surface area contributed by atoms with E-state index in [4.69, 9.17) is 0 Å². The molecule has 0 amide bonds. The normalized spacial score (nSPS) is 11.5. The Morgan fingerprint density at radius 3 is 2.40 bits per heavy atom. The summed E-state index contributed by atoms with van der Waals surface area (Å²) in [6.07, 6.45) is 0.816. The second kappa shape index (κ2) is 9.15. The van der Waals surface area contributed by atoms with Gasteiger partial charge in [-0.2, -0.15) is 13.2 Å². The van der Waals surface area contributed by atoms with Gasteiger partial charge < -0.3 is 10.0 Å². The van der Waals surface area contributed by atoms with Crippen molar-refractivity contribution < 1.29 is 18.3 Å². The summed E-state index contributed by atoms with van der Waals surface area (Å²) >= 11 is 0. The highest BCUT2D eigenvalue weighted by molar-refractivity contribution is 5.60. The molecule has 0 atom stereocenters. The van der Waals surface area contributed by atoms with Crippen LogP contribution in [0.25, 0.3) is 11.3 Å². The number of hydrogen-bond acceptors (Lipinski definition) is 4. The second-order valence-electron chi connectivity index (χ2n) is 7.23. The standard InChI is InChI=1S/C23H24F3N3O/c1-3-4-11-29(15-17-5-10-21(30)16(2)12-17)22-14-27-13-20(28-22)18-6-8-19(9-7-18)23(24,25)26/h5-10,12-14,30H,3-4,11,15H2,1-2H3. The third kappa shape index (κ3) is 5.28. The van der Waals surface area contributed by atoms with Gasteiger partial charge in [0.2, 0.25) is 0 Å². The summed E-state index contributed by atoms with van der Waals surface area (Å²) in [6, 6.07) is 10.4. The van der Waals surface area contributed by atoms with Gasteiger partial charge in [0.1, 0.15) is 11.6 Å². The smallest absolute Gasteiger partial charge is 0.416 e. The van der Waals surface area contributed by atoms with E-state index in [1.807, 2.05) is 19.1 Å². The molecule has 4 nitrogen and oxygen atoms in total. The molecule has 0 aliphatic carbocycles. The van der Waals surface area contributed by atoms with Crippen molar-refractivity contribution in [1.29, 1.82) is 0 Å². The fourth-order valence-corrected chi connectivity index (χ4v) is 3.14. The zero-order chi connectivity index (χ0) is 21.7. The van der Waals surface area contributed by atoms with Gasteiger partial charge in [0.25, 0.3) is 0 Å². The highest BCUT2D eigenvalue weighted by atomic mass is 19.4.